The molecule has 174 valence electrons. The van der Waals surface area contributed by atoms with E-state index in [1.807, 2.05) is 6.07 Å². The molecule has 1 N–H and O–H groups in total. The summed E-state index contributed by atoms with van der Waals surface area (Å²) < 4.78 is 21.7. The summed E-state index contributed by atoms with van der Waals surface area (Å²) in [5.74, 6) is 0.303. The van der Waals surface area contributed by atoms with Gasteiger partial charge in [-0.1, -0.05) is 34.1 Å². The van der Waals surface area contributed by atoms with E-state index < -0.39 is 11.5 Å². The summed E-state index contributed by atoms with van der Waals surface area (Å²) in [5, 5.41) is 3.31. The number of benzene rings is 2. The van der Waals surface area contributed by atoms with Crippen LogP contribution in [-0.2, 0) is 16.0 Å². The minimum Gasteiger partial charge on any atom is -0.493 e. The standard InChI is InChI=1S/C24H24BrNO7/c1-30-20-13-15(18(25)14-21(20)31-2)8-9-22(27)32-11-5-10-26-23(28)17-12-16-6-3-4-7-19(16)33-24(17)29/h3-4,6-7,12-14H,5,8-11H2,1-2H3,(H,26,28). The van der Waals surface area contributed by atoms with E-state index in [1.165, 1.54) is 6.07 Å². The monoisotopic (exact) mass is 517 g/mol. The highest BCUT2D eigenvalue weighted by Gasteiger charge is 2.14. The number of fused-ring (bicyclic) bond motifs is 1. The minimum absolute atomic E-state index is 0.0637. The molecule has 0 spiro atoms. The first kappa shape index (κ1) is 24.3. The zero-order valence-corrected chi connectivity index (χ0v) is 19.9. The van der Waals surface area contributed by atoms with Crippen molar-refractivity contribution in [3.05, 3.63) is 68.5 Å². The van der Waals surface area contributed by atoms with Crippen LogP contribution >= 0.6 is 15.9 Å². The summed E-state index contributed by atoms with van der Waals surface area (Å²) in [5.41, 5.74) is 0.558. The molecule has 1 aromatic heterocycles. The number of rotatable bonds is 10. The molecule has 0 bridgehead atoms. The maximum absolute atomic E-state index is 12.3. The average Bonchev–Trinajstić information content (AvgIpc) is 2.82. The second kappa shape index (κ2) is 11.5. The molecule has 3 rings (SSSR count). The average molecular weight is 518 g/mol. The third-order valence-corrected chi connectivity index (χ3v) is 5.65. The van der Waals surface area contributed by atoms with Gasteiger partial charge in [-0.05, 0) is 42.7 Å². The van der Waals surface area contributed by atoms with Crippen LogP contribution in [0.3, 0.4) is 0 Å². The fourth-order valence-corrected chi connectivity index (χ4v) is 3.69. The van der Waals surface area contributed by atoms with Crippen molar-refractivity contribution in [2.75, 3.05) is 27.4 Å². The van der Waals surface area contributed by atoms with E-state index in [9.17, 15) is 14.4 Å². The number of amides is 1. The van der Waals surface area contributed by atoms with Crippen LogP contribution in [0, 0.1) is 0 Å². The lowest BCUT2D eigenvalue weighted by Crippen LogP contribution is -2.29. The summed E-state index contributed by atoms with van der Waals surface area (Å²) >= 11 is 3.47. The molecule has 0 unspecified atom stereocenters. The highest BCUT2D eigenvalue weighted by Crippen LogP contribution is 2.33. The molecular weight excluding hydrogens is 494 g/mol. The Labute approximate surface area is 199 Å². The minimum atomic E-state index is -0.695. The van der Waals surface area contributed by atoms with Crippen LogP contribution in [0.1, 0.15) is 28.8 Å². The predicted octanol–water partition coefficient (Wildman–Crippen LogP) is 3.87. The number of aryl methyl sites for hydroxylation is 1. The Balaban J connectivity index is 1.42. The Morgan fingerprint density at radius 2 is 1.79 bits per heavy atom. The molecule has 8 nitrogen and oxygen atoms in total. The van der Waals surface area contributed by atoms with Gasteiger partial charge in [0.15, 0.2) is 11.5 Å². The van der Waals surface area contributed by atoms with Crippen LogP contribution in [0.2, 0.25) is 0 Å². The number of methoxy groups -OCH3 is 2. The number of carbonyl (C=O) groups is 2. The van der Waals surface area contributed by atoms with Crippen molar-refractivity contribution in [1.82, 2.24) is 5.32 Å². The van der Waals surface area contributed by atoms with E-state index in [2.05, 4.69) is 21.2 Å². The van der Waals surface area contributed by atoms with Gasteiger partial charge in [0.2, 0.25) is 0 Å². The van der Waals surface area contributed by atoms with Crippen LogP contribution in [0.5, 0.6) is 11.5 Å². The molecule has 0 aliphatic rings. The van der Waals surface area contributed by atoms with Gasteiger partial charge in [-0.2, -0.15) is 0 Å². The molecule has 0 aliphatic heterocycles. The van der Waals surface area contributed by atoms with E-state index in [0.29, 0.717) is 35.3 Å². The van der Waals surface area contributed by atoms with Crippen LogP contribution < -0.4 is 20.4 Å². The van der Waals surface area contributed by atoms with E-state index in [4.69, 9.17) is 18.6 Å². The third kappa shape index (κ3) is 6.35. The molecule has 0 fully saturated rings. The topological polar surface area (TPSA) is 104 Å². The van der Waals surface area contributed by atoms with Gasteiger partial charge in [-0.25, -0.2) is 4.79 Å². The molecule has 0 atom stereocenters. The lowest BCUT2D eigenvalue weighted by Gasteiger charge is -2.12. The second-order valence-corrected chi connectivity index (χ2v) is 7.97. The lowest BCUT2D eigenvalue weighted by atomic mass is 10.1. The molecule has 0 aliphatic carbocycles. The fourth-order valence-electron chi connectivity index (χ4n) is 3.17. The maximum atomic E-state index is 12.3. The van der Waals surface area contributed by atoms with Crippen LogP contribution in [0.15, 0.2) is 56.1 Å². The smallest absolute Gasteiger partial charge is 0.349 e. The van der Waals surface area contributed by atoms with Crippen LogP contribution in [-0.4, -0.2) is 39.2 Å². The number of halogens is 1. The van der Waals surface area contributed by atoms with Crippen molar-refractivity contribution >= 4 is 38.8 Å². The van der Waals surface area contributed by atoms with Gasteiger partial charge < -0.3 is 23.9 Å². The Hall–Kier alpha value is -3.33. The molecule has 0 saturated carbocycles. The lowest BCUT2D eigenvalue weighted by molar-refractivity contribution is -0.143. The summed E-state index contributed by atoms with van der Waals surface area (Å²) in [6.07, 6.45) is 1.07. The highest BCUT2D eigenvalue weighted by molar-refractivity contribution is 9.10. The Kier molecular flexibility index (Phi) is 8.48. The van der Waals surface area contributed by atoms with Gasteiger partial charge in [-0.3, -0.25) is 9.59 Å². The number of esters is 1. The first-order chi connectivity index (χ1) is 15.9. The largest absolute Gasteiger partial charge is 0.493 e. The Morgan fingerprint density at radius 3 is 2.55 bits per heavy atom. The van der Waals surface area contributed by atoms with Gasteiger partial charge in [-0.15, -0.1) is 0 Å². The Bertz CT molecular complexity index is 1210. The van der Waals surface area contributed by atoms with E-state index in [0.717, 1.165) is 10.0 Å². The van der Waals surface area contributed by atoms with Crippen LogP contribution in [0.25, 0.3) is 11.0 Å². The number of hydrogen-bond acceptors (Lipinski definition) is 7. The van der Waals surface area contributed by atoms with Gasteiger partial charge in [0.25, 0.3) is 5.91 Å². The summed E-state index contributed by atoms with van der Waals surface area (Å²) in [7, 11) is 3.11. The van der Waals surface area contributed by atoms with Crippen molar-refractivity contribution < 1.29 is 28.2 Å². The van der Waals surface area contributed by atoms with E-state index >= 15 is 0 Å². The van der Waals surface area contributed by atoms with Crippen molar-refractivity contribution in [2.24, 2.45) is 0 Å². The highest BCUT2D eigenvalue weighted by atomic mass is 79.9. The van der Waals surface area contributed by atoms with Gasteiger partial charge in [0.05, 0.1) is 20.8 Å². The van der Waals surface area contributed by atoms with Crippen LogP contribution in [0.4, 0.5) is 0 Å². The molecule has 9 heteroatoms. The SMILES string of the molecule is COc1cc(Br)c(CCC(=O)OCCCNC(=O)c2cc3ccccc3oc2=O)cc1OC. The number of nitrogens with one attached hydrogen (secondary N) is 1. The first-order valence-corrected chi connectivity index (χ1v) is 11.1. The van der Waals surface area contributed by atoms with Crippen molar-refractivity contribution in [2.45, 2.75) is 19.3 Å². The normalized spacial score (nSPS) is 10.6. The summed E-state index contributed by atoms with van der Waals surface area (Å²) in [6, 6.07) is 12.1. The molecule has 0 saturated heterocycles. The predicted molar refractivity (Wildman–Crippen MR) is 126 cm³/mol. The number of ether oxygens (including phenoxy) is 3. The number of para-hydroxylation sites is 1. The quantitative estimate of drug-likeness (QED) is 0.247. The zero-order valence-electron chi connectivity index (χ0n) is 18.3. The number of carbonyl (C=O) groups excluding carboxylic acids is 2. The van der Waals surface area contributed by atoms with Crippen molar-refractivity contribution in [3.63, 3.8) is 0 Å². The van der Waals surface area contributed by atoms with E-state index in [-0.39, 0.29) is 31.1 Å². The van der Waals surface area contributed by atoms with Gasteiger partial charge >= 0.3 is 11.6 Å². The molecular formula is C24H24BrNO7. The third-order valence-electron chi connectivity index (χ3n) is 4.91. The van der Waals surface area contributed by atoms with Gasteiger partial charge in [0.1, 0.15) is 11.1 Å². The molecule has 3 aromatic rings. The fraction of sp³-hybridized carbons (Fsp3) is 0.292. The molecule has 1 amide bonds. The van der Waals surface area contributed by atoms with Crippen molar-refractivity contribution in [1.29, 1.82) is 0 Å². The molecule has 2 aromatic carbocycles. The summed E-state index contributed by atoms with van der Waals surface area (Å²) in [6.45, 7) is 0.401. The van der Waals surface area contributed by atoms with Gasteiger partial charge in [0, 0.05) is 22.8 Å². The number of hydrogen-bond donors (Lipinski definition) is 1. The first-order valence-electron chi connectivity index (χ1n) is 10.3. The van der Waals surface area contributed by atoms with Crippen molar-refractivity contribution in [3.8, 4) is 11.5 Å². The maximum Gasteiger partial charge on any atom is 0.349 e. The van der Waals surface area contributed by atoms with E-state index in [1.54, 1.807) is 44.6 Å². The second-order valence-electron chi connectivity index (χ2n) is 7.11. The molecule has 0 radical (unpaired) electrons. The zero-order chi connectivity index (χ0) is 23.8. The molecule has 33 heavy (non-hydrogen) atoms. The summed E-state index contributed by atoms with van der Waals surface area (Å²) in [4.78, 5) is 36.4. The molecule has 1 heterocycles. The Morgan fingerprint density at radius 1 is 1.06 bits per heavy atom.